The normalized spacial score (nSPS) is 12.8. The first-order valence-electron chi connectivity index (χ1n) is 8.05. The monoisotopic (exact) mass is 340 g/mol. The Bertz CT molecular complexity index is 228. The van der Waals surface area contributed by atoms with Crippen LogP contribution in [0.5, 0.6) is 0 Å². The van der Waals surface area contributed by atoms with Gasteiger partial charge >= 0.3 is 8.80 Å². The van der Waals surface area contributed by atoms with Crippen molar-refractivity contribution < 1.29 is 32.5 Å². The van der Waals surface area contributed by atoms with Gasteiger partial charge in [0.2, 0.25) is 0 Å². The topological polar surface area (TPSA) is 64.6 Å². The highest BCUT2D eigenvalue weighted by molar-refractivity contribution is 6.63. The Kier molecular flexibility index (Phi) is 12.3. The van der Waals surface area contributed by atoms with Gasteiger partial charge in [0.05, 0.1) is 6.61 Å². The Labute approximate surface area is 135 Å². The Balaban J connectivity index is 5.69. The lowest BCUT2D eigenvalue weighted by Gasteiger charge is -2.42. The molecular formula is C14H32O7Si. The molecule has 0 aliphatic heterocycles. The highest BCUT2D eigenvalue weighted by Crippen LogP contribution is 2.31. The molecule has 0 bridgehead atoms. The van der Waals surface area contributed by atoms with E-state index >= 15 is 0 Å². The minimum Gasteiger partial charge on any atom is -0.376 e. The van der Waals surface area contributed by atoms with E-state index in [1.54, 1.807) is 0 Å². The van der Waals surface area contributed by atoms with Crippen LogP contribution in [0.1, 0.15) is 41.5 Å². The molecule has 0 aromatic carbocycles. The van der Waals surface area contributed by atoms with Gasteiger partial charge in [-0.15, -0.1) is 0 Å². The lowest BCUT2D eigenvalue weighted by atomic mass is 10.6. The average Bonchev–Trinajstić information content (AvgIpc) is 2.51. The smallest absolute Gasteiger partial charge is 0.376 e. The van der Waals surface area contributed by atoms with Gasteiger partial charge in [0.1, 0.15) is 6.61 Å². The fraction of sp³-hybridized carbons (Fsp3) is 1.00. The number of rotatable bonds is 15. The van der Waals surface area contributed by atoms with E-state index in [-0.39, 0.29) is 6.61 Å². The van der Waals surface area contributed by atoms with Gasteiger partial charge in [-0.1, -0.05) is 0 Å². The van der Waals surface area contributed by atoms with Gasteiger partial charge in [-0.25, -0.2) is 9.46 Å². The molecular weight excluding hydrogens is 308 g/mol. The van der Waals surface area contributed by atoms with Gasteiger partial charge in [0.15, 0.2) is 0 Å². The van der Waals surface area contributed by atoms with Crippen molar-refractivity contribution in [3.05, 3.63) is 0 Å². The highest BCUT2D eigenvalue weighted by Gasteiger charge is 2.66. The van der Waals surface area contributed by atoms with E-state index in [1.807, 2.05) is 41.5 Å². The molecule has 0 aromatic rings. The maximum Gasteiger partial charge on any atom is 0.594 e. The Morgan fingerprint density at radius 3 is 1.59 bits per heavy atom. The van der Waals surface area contributed by atoms with E-state index in [0.29, 0.717) is 39.6 Å². The zero-order chi connectivity index (χ0) is 16.9. The standard InChI is InChI=1S/C14H32O7Si/c1-7-15-13-14(16-8-2,17-9-3)22(19-11-5,20-12-6)21-18-10-4/h7-13H2,1-6H3. The van der Waals surface area contributed by atoms with Gasteiger partial charge in [-0.2, -0.15) is 0 Å². The summed E-state index contributed by atoms with van der Waals surface area (Å²) in [5.74, 6) is 0. The molecule has 0 atom stereocenters. The molecule has 0 saturated heterocycles. The molecule has 0 N–H and O–H groups in total. The van der Waals surface area contributed by atoms with Crippen molar-refractivity contribution in [2.75, 3.05) is 46.2 Å². The zero-order valence-electron chi connectivity index (χ0n) is 14.8. The first-order chi connectivity index (χ1) is 10.6. The highest BCUT2D eigenvalue weighted by atomic mass is 28.4. The average molecular weight is 340 g/mol. The van der Waals surface area contributed by atoms with Crippen molar-refractivity contribution in [3.63, 3.8) is 0 Å². The SMILES string of the molecule is CCOCC(OCC)(OCC)[Si](OCC)(OCC)OOCC. The molecule has 0 spiro atoms. The lowest BCUT2D eigenvalue weighted by molar-refractivity contribution is -0.305. The third-order valence-electron chi connectivity index (χ3n) is 2.67. The largest absolute Gasteiger partial charge is 0.594 e. The third kappa shape index (κ3) is 5.86. The van der Waals surface area contributed by atoms with Crippen LogP contribution in [0.15, 0.2) is 0 Å². The molecule has 8 heteroatoms. The molecule has 0 aliphatic carbocycles. The fourth-order valence-corrected chi connectivity index (χ4v) is 4.68. The van der Waals surface area contributed by atoms with E-state index in [0.717, 1.165) is 0 Å². The summed E-state index contributed by atoms with van der Waals surface area (Å²) < 4.78 is 34.7. The van der Waals surface area contributed by atoms with Crippen LogP contribution >= 0.6 is 0 Å². The molecule has 0 heterocycles. The van der Waals surface area contributed by atoms with Gasteiger partial charge in [-0.3, -0.25) is 0 Å². The summed E-state index contributed by atoms with van der Waals surface area (Å²) in [5.41, 5.74) is -1.26. The molecule has 0 radical (unpaired) electrons. The second-order valence-corrected chi connectivity index (χ2v) is 6.79. The molecule has 0 unspecified atom stereocenters. The van der Waals surface area contributed by atoms with Gasteiger partial charge < -0.3 is 23.1 Å². The van der Waals surface area contributed by atoms with Gasteiger partial charge in [0, 0.05) is 33.0 Å². The van der Waals surface area contributed by atoms with E-state index in [4.69, 9.17) is 32.5 Å². The van der Waals surface area contributed by atoms with E-state index in [9.17, 15) is 0 Å². The quantitative estimate of drug-likeness (QED) is 0.196. The summed E-state index contributed by atoms with van der Waals surface area (Å²) in [7, 11) is -3.47. The number of ether oxygens (including phenoxy) is 3. The van der Waals surface area contributed by atoms with Crippen LogP contribution in [0.2, 0.25) is 0 Å². The van der Waals surface area contributed by atoms with E-state index in [1.165, 1.54) is 0 Å². The van der Waals surface area contributed by atoms with Gasteiger partial charge in [0.25, 0.3) is 5.41 Å². The summed E-state index contributed by atoms with van der Waals surface area (Å²) in [6.45, 7) is 13.8. The zero-order valence-corrected chi connectivity index (χ0v) is 15.8. The second kappa shape index (κ2) is 12.4. The van der Waals surface area contributed by atoms with Crippen LogP contribution in [-0.4, -0.2) is 60.5 Å². The van der Waals surface area contributed by atoms with E-state index < -0.39 is 14.2 Å². The second-order valence-electron chi connectivity index (χ2n) is 4.17. The van der Waals surface area contributed by atoms with Crippen molar-refractivity contribution in [3.8, 4) is 0 Å². The minimum atomic E-state index is -3.47. The molecule has 0 amide bonds. The van der Waals surface area contributed by atoms with Crippen molar-refractivity contribution in [1.29, 1.82) is 0 Å². The fourth-order valence-electron chi connectivity index (χ4n) is 1.98. The predicted molar refractivity (Wildman–Crippen MR) is 84.2 cm³/mol. The van der Waals surface area contributed by atoms with Crippen molar-refractivity contribution in [2.24, 2.45) is 0 Å². The maximum absolute atomic E-state index is 5.90. The third-order valence-corrected chi connectivity index (χ3v) is 5.71. The Morgan fingerprint density at radius 2 is 1.23 bits per heavy atom. The number of hydrogen-bond donors (Lipinski definition) is 0. The van der Waals surface area contributed by atoms with Crippen molar-refractivity contribution >= 4 is 8.80 Å². The van der Waals surface area contributed by atoms with Crippen molar-refractivity contribution in [2.45, 2.75) is 47.0 Å². The molecule has 134 valence electrons. The molecule has 22 heavy (non-hydrogen) atoms. The Morgan fingerprint density at radius 1 is 0.682 bits per heavy atom. The van der Waals surface area contributed by atoms with Gasteiger partial charge in [-0.05, 0) is 41.5 Å². The summed E-state index contributed by atoms with van der Waals surface area (Å²) in [6, 6.07) is 0. The van der Waals surface area contributed by atoms with Crippen molar-refractivity contribution in [1.82, 2.24) is 0 Å². The molecule has 7 nitrogen and oxygen atoms in total. The summed E-state index contributed by atoms with van der Waals surface area (Å²) >= 11 is 0. The number of hydrogen-bond acceptors (Lipinski definition) is 7. The predicted octanol–water partition coefficient (Wildman–Crippen LogP) is 2.31. The van der Waals surface area contributed by atoms with Crippen LogP contribution in [-0.2, 0) is 32.5 Å². The van der Waals surface area contributed by atoms with Crippen LogP contribution in [0, 0.1) is 0 Å². The summed E-state index contributed by atoms with van der Waals surface area (Å²) in [5, 5.41) is 0. The molecule has 0 aromatic heterocycles. The molecule has 0 fully saturated rings. The van der Waals surface area contributed by atoms with Crippen LogP contribution in [0.3, 0.4) is 0 Å². The van der Waals surface area contributed by atoms with Crippen LogP contribution < -0.4 is 0 Å². The summed E-state index contributed by atoms with van der Waals surface area (Å²) in [4.78, 5) is 5.18. The molecule has 0 rings (SSSR count). The summed E-state index contributed by atoms with van der Waals surface area (Å²) in [6.07, 6.45) is 0. The van der Waals surface area contributed by atoms with Crippen LogP contribution in [0.25, 0.3) is 0 Å². The lowest BCUT2D eigenvalue weighted by Crippen LogP contribution is -2.70. The minimum absolute atomic E-state index is 0.143. The van der Waals surface area contributed by atoms with E-state index in [2.05, 4.69) is 0 Å². The molecule has 0 aliphatic rings. The Hall–Kier alpha value is -0.0631. The first-order valence-corrected chi connectivity index (χ1v) is 9.78. The maximum atomic E-state index is 5.90. The van der Waals surface area contributed by atoms with Crippen LogP contribution in [0.4, 0.5) is 0 Å². The first kappa shape index (κ1) is 21.9. The molecule has 0 saturated carbocycles.